The van der Waals surface area contributed by atoms with E-state index in [0.717, 1.165) is 34.5 Å². The first-order chi connectivity index (χ1) is 9.43. The van der Waals surface area contributed by atoms with Gasteiger partial charge in [-0.3, -0.25) is 4.79 Å². The van der Waals surface area contributed by atoms with Crippen molar-refractivity contribution in [2.24, 2.45) is 0 Å². The van der Waals surface area contributed by atoms with E-state index in [9.17, 15) is 4.79 Å². The van der Waals surface area contributed by atoms with E-state index >= 15 is 0 Å². The van der Waals surface area contributed by atoms with Gasteiger partial charge in [-0.2, -0.15) is 0 Å². The highest BCUT2D eigenvalue weighted by Crippen LogP contribution is 2.42. The molecule has 0 atom stereocenters. The van der Waals surface area contributed by atoms with E-state index in [2.05, 4.69) is 29.4 Å². The maximum absolute atomic E-state index is 12.1. The fraction of sp³-hybridized carbons (Fsp3) is 0.333. The van der Waals surface area contributed by atoms with Crippen molar-refractivity contribution < 1.29 is 4.79 Å². The van der Waals surface area contributed by atoms with Crippen LogP contribution in [-0.2, 0) is 16.6 Å². The Kier molecular flexibility index (Phi) is 2.83. The van der Waals surface area contributed by atoms with Crippen molar-refractivity contribution in [1.82, 2.24) is 4.98 Å². The van der Waals surface area contributed by atoms with Gasteiger partial charge in [-0.1, -0.05) is 6.92 Å². The molecule has 1 amide bonds. The fourth-order valence-electron chi connectivity index (χ4n) is 2.58. The van der Waals surface area contributed by atoms with Gasteiger partial charge in [-0.15, -0.1) is 11.3 Å². The van der Waals surface area contributed by atoms with Crippen LogP contribution in [0.15, 0.2) is 17.5 Å². The van der Waals surface area contributed by atoms with Gasteiger partial charge in [0.1, 0.15) is 0 Å². The summed E-state index contributed by atoms with van der Waals surface area (Å²) in [7, 11) is 0. The van der Waals surface area contributed by atoms with Gasteiger partial charge in [-0.05, 0) is 43.5 Å². The summed E-state index contributed by atoms with van der Waals surface area (Å²) in [5.41, 5.74) is 10.3. The standard InChI is InChI=1S/C15H17N3OS/c1-4-8-5-9(11-7-20-14(16)17-11)6-10-12(8)18-13(19)15(10,2)3/h5-7H,4H2,1-3H3,(H2,16,17)(H,18,19). The molecule has 0 aliphatic carbocycles. The summed E-state index contributed by atoms with van der Waals surface area (Å²) in [4.78, 5) is 16.5. The van der Waals surface area contributed by atoms with Gasteiger partial charge < -0.3 is 11.1 Å². The molecule has 0 saturated heterocycles. The van der Waals surface area contributed by atoms with E-state index in [1.54, 1.807) is 0 Å². The highest BCUT2D eigenvalue weighted by atomic mass is 32.1. The van der Waals surface area contributed by atoms with Gasteiger partial charge in [0.15, 0.2) is 5.13 Å². The number of carbonyl (C=O) groups is 1. The van der Waals surface area contributed by atoms with E-state index < -0.39 is 5.41 Å². The molecule has 1 aromatic heterocycles. The van der Waals surface area contributed by atoms with Crippen molar-refractivity contribution in [3.8, 4) is 11.3 Å². The van der Waals surface area contributed by atoms with E-state index in [1.165, 1.54) is 11.3 Å². The molecule has 1 aliphatic rings. The summed E-state index contributed by atoms with van der Waals surface area (Å²) in [6.07, 6.45) is 0.867. The second kappa shape index (κ2) is 4.31. The predicted octanol–water partition coefficient (Wildman–Crippen LogP) is 3.18. The van der Waals surface area contributed by atoms with E-state index in [4.69, 9.17) is 5.73 Å². The highest BCUT2D eigenvalue weighted by Gasteiger charge is 2.39. The number of nitrogens with zero attached hydrogens (tertiary/aromatic N) is 1. The topological polar surface area (TPSA) is 68.0 Å². The van der Waals surface area contributed by atoms with Gasteiger partial charge in [0.25, 0.3) is 0 Å². The van der Waals surface area contributed by atoms with Crippen LogP contribution in [0, 0.1) is 0 Å². The molecule has 1 aromatic carbocycles. The van der Waals surface area contributed by atoms with Gasteiger partial charge in [0.2, 0.25) is 5.91 Å². The van der Waals surface area contributed by atoms with Crippen LogP contribution in [-0.4, -0.2) is 10.9 Å². The minimum absolute atomic E-state index is 0.0529. The Morgan fingerprint density at radius 3 is 2.75 bits per heavy atom. The second-order valence-corrected chi connectivity index (χ2v) is 6.45. The fourth-order valence-corrected chi connectivity index (χ4v) is 3.15. The molecule has 0 radical (unpaired) electrons. The Morgan fingerprint density at radius 1 is 1.40 bits per heavy atom. The molecule has 2 aromatic rings. The number of aromatic nitrogens is 1. The van der Waals surface area contributed by atoms with Gasteiger partial charge in [0.05, 0.1) is 11.1 Å². The summed E-state index contributed by atoms with van der Waals surface area (Å²) >= 11 is 1.43. The number of carbonyl (C=O) groups excluding carboxylic acids is 1. The number of anilines is 2. The molecule has 3 rings (SSSR count). The second-order valence-electron chi connectivity index (χ2n) is 5.56. The number of nitrogen functional groups attached to an aromatic ring is 1. The Labute approximate surface area is 122 Å². The summed E-state index contributed by atoms with van der Waals surface area (Å²) in [6.45, 7) is 5.99. The Balaban J connectivity index is 2.22. The first kappa shape index (κ1) is 13.1. The van der Waals surface area contributed by atoms with Crippen molar-refractivity contribution in [2.75, 3.05) is 11.1 Å². The molecule has 3 N–H and O–H groups in total. The minimum atomic E-state index is -0.503. The number of nitrogens with one attached hydrogen (secondary N) is 1. The first-order valence-electron chi connectivity index (χ1n) is 6.63. The van der Waals surface area contributed by atoms with Crippen LogP contribution >= 0.6 is 11.3 Å². The number of fused-ring (bicyclic) bond motifs is 1. The average molecular weight is 287 g/mol. The van der Waals surface area contributed by atoms with Crippen molar-refractivity contribution in [3.63, 3.8) is 0 Å². The lowest BCUT2D eigenvalue weighted by molar-refractivity contribution is -0.119. The molecule has 0 spiro atoms. The average Bonchev–Trinajstić information content (AvgIpc) is 2.93. The zero-order valence-electron chi connectivity index (χ0n) is 11.8. The molecule has 1 aliphatic heterocycles. The van der Waals surface area contributed by atoms with E-state index in [-0.39, 0.29) is 5.91 Å². The molecule has 0 fully saturated rings. The zero-order valence-corrected chi connectivity index (χ0v) is 12.6. The summed E-state index contributed by atoms with van der Waals surface area (Å²) in [5, 5.41) is 5.52. The molecule has 0 saturated carbocycles. The largest absolute Gasteiger partial charge is 0.375 e. The van der Waals surface area contributed by atoms with Crippen LogP contribution in [0.5, 0.6) is 0 Å². The third-order valence-electron chi connectivity index (χ3n) is 3.90. The lowest BCUT2D eigenvalue weighted by atomic mass is 9.84. The monoisotopic (exact) mass is 287 g/mol. The number of amides is 1. The number of aryl methyl sites for hydroxylation is 1. The third-order valence-corrected chi connectivity index (χ3v) is 4.57. The summed E-state index contributed by atoms with van der Waals surface area (Å²) < 4.78 is 0. The van der Waals surface area contributed by atoms with Crippen molar-refractivity contribution in [2.45, 2.75) is 32.6 Å². The van der Waals surface area contributed by atoms with Crippen molar-refractivity contribution in [3.05, 3.63) is 28.6 Å². The van der Waals surface area contributed by atoms with Crippen LogP contribution in [0.1, 0.15) is 31.9 Å². The van der Waals surface area contributed by atoms with Crippen LogP contribution in [0.25, 0.3) is 11.3 Å². The molecule has 0 bridgehead atoms. The van der Waals surface area contributed by atoms with Gasteiger partial charge >= 0.3 is 0 Å². The zero-order chi connectivity index (χ0) is 14.5. The van der Waals surface area contributed by atoms with Crippen LogP contribution in [0.2, 0.25) is 0 Å². The lowest BCUT2D eigenvalue weighted by Gasteiger charge is -2.16. The third kappa shape index (κ3) is 1.81. The smallest absolute Gasteiger partial charge is 0.234 e. The Hall–Kier alpha value is -1.88. The Morgan fingerprint density at radius 2 is 2.15 bits per heavy atom. The summed E-state index contributed by atoms with van der Waals surface area (Å²) in [6, 6.07) is 4.15. The van der Waals surface area contributed by atoms with Crippen LogP contribution in [0.3, 0.4) is 0 Å². The van der Waals surface area contributed by atoms with Crippen LogP contribution in [0.4, 0.5) is 10.8 Å². The Bertz CT molecular complexity index is 703. The lowest BCUT2D eigenvalue weighted by Crippen LogP contribution is -2.26. The first-order valence-corrected chi connectivity index (χ1v) is 7.51. The number of thiazole rings is 1. The van der Waals surface area contributed by atoms with Crippen molar-refractivity contribution >= 4 is 28.1 Å². The van der Waals surface area contributed by atoms with Crippen LogP contribution < -0.4 is 11.1 Å². The SMILES string of the molecule is CCc1cc(-c2csc(N)n2)cc2c1NC(=O)C2(C)C. The van der Waals surface area contributed by atoms with Gasteiger partial charge in [0, 0.05) is 16.6 Å². The number of hydrogen-bond acceptors (Lipinski definition) is 4. The number of rotatable bonds is 2. The quantitative estimate of drug-likeness (QED) is 0.891. The molecule has 104 valence electrons. The van der Waals surface area contributed by atoms with Gasteiger partial charge in [-0.25, -0.2) is 4.98 Å². The highest BCUT2D eigenvalue weighted by molar-refractivity contribution is 7.13. The molecule has 0 unspecified atom stereocenters. The molecule has 4 nitrogen and oxygen atoms in total. The predicted molar refractivity (Wildman–Crippen MR) is 83.0 cm³/mol. The van der Waals surface area contributed by atoms with E-state index in [0.29, 0.717) is 5.13 Å². The maximum atomic E-state index is 12.1. The molecular weight excluding hydrogens is 270 g/mol. The summed E-state index contributed by atoms with van der Waals surface area (Å²) in [5.74, 6) is 0.0529. The molecule has 5 heteroatoms. The number of hydrogen-bond donors (Lipinski definition) is 2. The normalized spacial score (nSPS) is 16.1. The number of benzene rings is 1. The molecule has 20 heavy (non-hydrogen) atoms. The molecular formula is C15H17N3OS. The maximum Gasteiger partial charge on any atom is 0.234 e. The minimum Gasteiger partial charge on any atom is -0.375 e. The number of nitrogens with two attached hydrogens (primary N) is 1. The van der Waals surface area contributed by atoms with Crippen molar-refractivity contribution in [1.29, 1.82) is 0 Å². The van der Waals surface area contributed by atoms with E-state index in [1.807, 2.05) is 19.2 Å². The molecule has 2 heterocycles.